The molecule has 0 fully saturated rings. The van der Waals surface area contributed by atoms with Crippen molar-refractivity contribution in [3.63, 3.8) is 0 Å². The molecule has 1 aromatic heterocycles. The van der Waals surface area contributed by atoms with Crippen LogP contribution >= 0.6 is 0 Å². The number of ether oxygens (including phenoxy) is 1. The van der Waals surface area contributed by atoms with Gasteiger partial charge in [-0.2, -0.15) is 0 Å². The molecule has 0 aliphatic heterocycles. The minimum atomic E-state index is -0.693. The number of hydrogen-bond donors (Lipinski definition) is 1. The van der Waals surface area contributed by atoms with Gasteiger partial charge in [0.2, 0.25) is 0 Å². The first kappa shape index (κ1) is 15.1. The highest BCUT2D eigenvalue weighted by Gasteiger charge is 2.36. The van der Waals surface area contributed by atoms with E-state index in [0.717, 1.165) is 4.57 Å². The molecule has 0 radical (unpaired) electrons. The van der Waals surface area contributed by atoms with Crippen molar-refractivity contribution in [2.24, 2.45) is 18.4 Å². The third kappa shape index (κ3) is 2.51. The van der Waals surface area contributed by atoms with Crippen molar-refractivity contribution in [2.45, 2.75) is 19.9 Å². The lowest BCUT2D eigenvalue weighted by Crippen LogP contribution is -2.34. The molecule has 21 heavy (non-hydrogen) atoms. The number of rotatable bonds is 3. The average Bonchev–Trinajstić information content (AvgIpc) is 2.74. The summed E-state index contributed by atoms with van der Waals surface area (Å²) in [6.07, 6.45) is 7.26. The van der Waals surface area contributed by atoms with Crippen LogP contribution in [0.2, 0.25) is 0 Å². The fraction of sp³-hybridized carbons (Fsp3) is 0.500. The molecule has 7 nitrogen and oxygen atoms in total. The van der Waals surface area contributed by atoms with E-state index in [4.69, 9.17) is 4.74 Å². The van der Waals surface area contributed by atoms with Gasteiger partial charge in [-0.05, 0) is 13.8 Å². The lowest BCUT2D eigenvalue weighted by atomic mass is 9.76. The monoisotopic (exact) mass is 293 g/mol. The first-order chi connectivity index (χ1) is 9.78. The number of allylic oxidation sites excluding steroid dienone is 4. The van der Waals surface area contributed by atoms with Gasteiger partial charge in [0, 0.05) is 13.0 Å². The second-order valence-electron chi connectivity index (χ2n) is 5.63. The molecule has 0 unspecified atom stereocenters. The summed E-state index contributed by atoms with van der Waals surface area (Å²) in [6, 6.07) is -0.365. The van der Waals surface area contributed by atoms with Gasteiger partial charge in [0.25, 0.3) is 0 Å². The highest BCUT2D eigenvalue weighted by Crippen LogP contribution is 2.33. The van der Waals surface area contributed by atoms with E-state index in [1.165, 1.54) is 18.8 Å². The molecule has 0 saturated carbocycles. The Morgan fingerprint density at radius 2 is 1.81 bits per heavy atom. The highest BCUT2D eigenvalue weighted by atomic mass is 16.5. The topological polar surface area (TPSA) is 86.1 Å². The Morgan fingerprint density at radius 1 is 1.24 bits per heavy atom. The number of esters is 1. The Hall–Kier alpha value is -2.31. The standard InChI is InChI=1S/C14H19N3O4/c1-14(2,11(18)21-4)9-5-7-10(8-6-9)17-13(20)16(3)12(19)15-17/h5-10H,1-4H3,(H,15,19). The number of carbonyl (C=O) groups is 1. The summed E-state index contributed by atoms with van der Waals surface area (Å²) in [5.41, 5.74) is -1.56. The van der Waals surface area contributed by atoms with Crippen LogP contribution in [0.4, 0.5) is 0 Å². The van der Waals surface area contributed by atoms with Gasteiger partial charge in [0.05, 0.1) is 18.6 Å². The zero-order chi connectivity index (χ0) is 15.8. The van der Waals surface area contributed by atoms with Crippen molar-refractivity contribution in [1.82, 2.24) is 14.3 Å². The van der Waals surface area contributed by atoms with Gasteiger partial charge in [-0.3, -0.25) is 4.79 Å². The minimum Gasteiger partial charge on any atom is -0.469 e. The quantitative estimate of drug-likeness (QED) is 0.644. The third-order valence-corrected chi connectivity index (χ3v) is 3.89. The van der Waals surface area contributed by atoms with Gasteiger partial charge in [-0.15, -0.1) is 0 Å². The van der Waals surface area contributed by atoms with E-state index in [2.05, 4.69) is 5.10 Å². The second kappa shape index (κ2) is 5.23. The van der Waals surface area contributed by atoms with E-state index in [9.17, 15) is 14.4 Å². The molecule has 2 rings (SSSR count). The zero-order valence-corrected chi connectivity index (χ0v) is 12.5. The largest absolute Gasteiger partial charge is 0.469 e. The molecule has 0 spiro atoms. The van der Waals surface area contributed by atoms with Crippen molar-refractivity contribution >= 4 is 5.97 Å². The molecule has 1 heterocycles. The van der Waals surface area contributed by atoms with Gasteiger partial charge in [0.1, 0.15) is 0 Å². The number of nitrogens with zero attached hydrogens (tertiary/aromatic N) is 2. The Morgan fingerprint density at radius 3 is 2.24 bits per heavy atom. The predicted octanol–water partition coefficient (Wildman–Crippen LogP) is 0.358. The lowest BCUT2D eigenvalue weighted by Gasteiger charge is -2.29. The number of hydrogen-bond acceptors (Lipinski definition) is 4. The summed E-state index contributed by atoms with van der Waals surface area (Å²) in [7, 11) is 2.77. The van der Waals surface area contributed by atoms with E-state index >= 15 is 0 Å². The molecule has 1 aromatic rings. The summed E-state index contributed by atoms with van der Waals surface area (Å²) >= 11 is 0. The van der Waals surface area contributed by atoms with E-state index < -0.39 is 16.8 Å². The number of methoxy groups -OCH3 is 1. The first-order valence-electron chi connectivity index (χ1n) is 6.61. The fourth-order valence-electron chi connectivity index (χ4n) is 2.32. The van der Waals surface area contributed by atoms with E-state index in [1.807, 2.05) is 12.2 Å². The lowest BCUT2D eigenvalue weighted by molar-refractivity contribution is -0.152. The Kier molecular flexibility index (Phi) is 3.76. The van der Waals surface area contributed by atoms with Gasteiger partial charge in [0.15, 0.2) is 0 Å². The Bertz CT molecular complexity index is 703. The molecule has 0 bridgehead atoms. The van der Waals surface area contributed by atoms with Gasteiger partial charge < -0.3 is 4.74 Å². The van der Waals surface area contributed by atoms with Crippen LogP contribution in [-0.4, -0.2) is 27.4 Å². The Labute approximate surface area is 121 Å². The molecule has 7 heteroatoms. The van der Waals surface area contributed by atoms with Crippen LogP contribution in [0.25, 0.3) is 0 Å². The van der Waals surface area contributed by atoms with Crippen LogP contribution in [-0.2, 0) is 16.6 Å². The van der Waals surface area contributed by atoms with Gasteiger partial charge >= 0.3 is 17.3 Å². The summed E-state index contributed by atoms with van der Waals surface area (Å²) in [5, 5.41) is 2.49. The number of aromatic nitrogens is 3. The van der Waals surface area contributed by atoms with Crippen LogP contribution in [0.3, 0.4) is 0 Å². The first-order valence-corrected chi connectivity index (χ1v) is 6.61. The van der Waals surface area contributed by atoms with Crippen molar-refractivity contribution in [2.75, 3.05) is 7.11 Å². The second-order valence-corrected chi connectivity index (χ2v) is 5.63. The maximum Gasteiger partial charge on any atom is 0.347 e. The third-order valence-electron chi connectivity index (χ3n) is 3.89. The molecule has 0 saturated heterocycles. The zero-order valence-electron chi connectivity index (χ0n) is 12.5. The van der Waals surface area contributed by atoms with Crippen molar-refractivity contribution in [1.29, 1.82) is 0 Å². The van der Waals surface area contributed by atoms with Crippen LogP contribution in [0, 0.1) is 11.3 Å². The molecule has 0 atom stereocenters. The molecular formula is C14H19N3O4. The SMILES string of the molecule is COC(=O)C(C)(C)C1C=CC(n2[nH]c(=O)n(C)c2=O)C=C1. The van der Waals surface area contributed by atoms with Crippen molar-refractivity contribution < 1.29 is 9.53 Å². The van der Waals surface area contributed by atoms with Crippen LogP contribution in [0.1, 0.15) is 19.9 Å². The van der Waals surface area contributed by atoms with E-state index in [-0.39, 0.29) is 17.9 Å². The average molecular weight is 293 g/mol. The molecular weight excluding hydrogens is 274 g/mol. The summed E-state index contributed by atoms with van der Waals surface area (Å²) in [5.74, 6) is -0.433. The van der Waals surface area contributed by atoms with Crippen molar-refractivity contribution in [3.8, 4) is 0 Å². The summed E-state index contributed by atoms with van der Waals surface area (Å²) in [4.78, 5) is 35.1. The molecule has 0 aromatic carbocycles. The summed E-state index contributed by atoms with van der Waals surface area (Å²) < 4.78 is 7.06. The predicted molar refractivity (Wildman–Crippen MR) is 76.9 cm³/mol. The number of H-pyrrole nitrogens is 1. The molecule has 1 aliphatic carbocycles. The number of carbonyl (C=O) groups excluding carboxylic acids is 1. The maximum atomic E-state index is 11.9. The molecule has 1 aliphatic rings. The van der Waals surface area contributed by atoms with Gasteiger partial charge in [-0.1, -0.05) is 24.3 Å². The fourth-order valence-corrected chi connectivity index (χ4v) is 2.32. The smallest absolute Gasteiger partial charge is 0.347 e. The van der Waals surface area contributed by atoms with Gasteiger partial charge in [-0.25, -0.2) is 23.9 Å². The molecule has 114 valence electrons. The molecule has 0 amide bonds. The maximum absolute atomic E-state index is 11.9. The minimum absolute atomic E-state index is 0.132. The summed E-state index contributed by atoms with van der Waals surface area (Å²) in [6.45, 7) is 3.60. The number of aromatic amines is 1. The normalized spacial score (nSPS) is 21.5. The van der Waals surface area contributed by atoms with E-state index in [1.54, 1.807) is 26.0 Å². The number of nitrogens with one attached hydrogen (secondary N) is 1. The van der Waals surface area contributed by atoms with Crippen LogP contribution in [0.15, 0.2) is 33.9 Å². The molecule has 1 N–H and O–H groups in total. The van der Waals surface area contributed by atoms with Crippen LogP contribution in [0.5, 0.6) is 0 Å². The van der Waals surface area contributed by atoms with Crippen LogP contribution < -0.4 is 11.4 Å². The highest BCUT2D eigenvalue weighted by molar-refractivity contribution is 5.77. The van der Waals surface area contributed by atoms with E-state index in [0.29, 0.717) is 0 Å². The van der Waals surface area contributed by atoms with Crippen molar-refractivity contribution in [3.05, 3.63) is 45.3 Å². The Balaban J connectivity index is 2.26.